The molecule has 1 aliphatic carbocycles. The molecule has 12 heteroatoms. The van der Waals surface area contributed by atoms with Crippen molar-refractivity contribution < 1.29 is 56.5 Å². The standard InChI is InChI=1S/C26H29N2O.C23H25N2O.C22H23N2O.C21H21N2O/c1-16-10-11-20-21-12-13-22(19-8-6-5-7-9-19)27-26(21)29-25(20)24(16)23-14-17(2)18(3)15-28(23)4;1-13(2)19-10-9-18-17-8-7-14(3)21(22(17)26-23(18)24-19)20-11-15(4)16(5)12-25(20)6;1-6-16-8-10-18-17-9-7-13(2)20(21(17)25-22(18)23-16)19-11-14(3)15(4)12-24(19)5;1-12-6-8-16-17-9-7-15(4)22-21(17)24-20(16)19(12)18-10-13(2)14(3)11-23(18)5/h10-15,19H,5-9H2,1-4H3;7-13H,1-6H3;7-12H,6H2,1-5H3;6-11H,1-5H3/q4*+1/i8D2,9D2,19D;5D3,13D;4D3;3D3. The molecule has 12 heterocycles. The van der Waals surface area contributed by atoms with Gasteiger partial charge in [-0.3, -0.25) is 0 Å². The van der Waals surface area contributed by atoms with Crippen molar-refractivity contribution in [1.82, 2.24) is 19.9 Å². The molecule has 0 amide bonds. The number of hydrogen-bond donors (Lipinski definition) is 0. The van der Waals surface area contributed by atoms with Crippen molar-refractivity contribution >= 4 is 88.3 Å². The fourth-order valence-electron chi connectivity index (χ4n) is 14.2. The number of hydrogen-bond acceptors (Lipinski definition) is 8. The predicted octanol–water partition coefficient (Wildman–Crippen LogP) is 21.6. The van der Waals surface area contributed by atoms with Gasteiger partial charge in [0.25, 0.3) is 0 Å². The Bertz CT molecular complexity index is 6780. The number of benzene rings is 4. The molecule has 0 spiro atoms. The van der Waals surface area contributed by atoms with E-state index in [1.165, 1.54) is 11.1 Å². The highest BCUT2D eigenvalue weighted by atomic mass is 16.4. The van der Waals surface area contributed by atoms with Crippen molar-refractivity contribution in [2.45, 2.75) is 161 Å². The van der Waals surface area contributed by atoms with E-state index in [-0.39, 0.29) is 18.5 Å². The minimum atomic E-state index is -2.16. The van der Waals surface area contributed by atoms with E-state index in [4.69, 9.17) is 38.2 Å². The van der Waals surface area contributed by atoms with Gasteiger partial charge in [0, 0.05) is 139 Å². The lowest BCUT2D eigenvalue weighted by atomic mass is 9.86. The van der Waals surface area contributed by atoms with Crippen LogP contribution >= 0.6 is 0 Å². The summed E-state index contributed by atoms with van der Waals surface area (Å²) < 4.78 is 154. The van der Waals surface area contributed by atoms with E-state index in [2.05, 4.69) is 93.9 Å². The van der Waals surface area contributed by atoms with Crippen LogP contribution in [0.3, 0.4) is 0 Å². The second-order valence-electron chi connectivity index (χ2n) is 28.2. The first kappa shape index (κ1) is 54.0. The molecular weight excluding hydrogens is 1280 g/mol. The van der Waals surface area contributed by atoms with Crippen molar-refractivity contribution in [3.05, 3.63) is 236 Å². The largest absolute Gasteiger partial charge is 0.437 e. The van der Waals surface area contributed by atoms with Gasteiger partial charge in [0.15, 0.2) is 47.1 Å². The lowest BCUT2D eigenvalue weighted by Crippen LogP contribution is -2.31. The third-order valence-electron chi connectivity index (χ3n) is 20.4. The van der Waals surface area contributed by atoms with Gasteiger partial charge in [-0.2, -0.15) is 0 Å². The normalized spacial score (nSPS) is 16.6. The second kappa shape index (κ2) is 28.1. The molecule has 0 aliphatic heterocycles. The third kappa shape index (κ3) is 13.0. The molecule has 16 aromatic rings. The highest BCUT2D eigenvalue weighted by Gasteiger charge is 2.28. The van der Waals surface area contributed by atoms with Gasteiger partial charge in [0.05, 0.1) is 22.3 Å². The molecular formula is C92H98N8O4+4. The molecule has 12 aromatic heterocycles. The molecule has 0 atom stereocenters. The highest BCUT2D eigenvalue weighted by molar-refractivity contribution is 6.12. The highest BCUT2D eigenvalue weighted by Crippen LogP contribution is 2.43. The van der Waals surface area contributed by atoms with Crippen LogP contribution < -0.4 is 18.3 Å². The number of rotatable bonds is 7. The molecule has 17 rings (SSSR count). The van der Waals surface area contributed by atoms with Gasteiger partial charge in [0.2, 0.25) is 45.6 Å². The molecule has 0 bridgehead atoms. The summed E-state index contributed by atoms with van der Waals surface area (Å²) in [6, 6.07) is 39.6. The Kier molecular flexibility index (Phi) is 14.6. The molecule has 4 aromatic carbocycles. The van der Waals surface area contributed by atoms with Crippen LogP contribution in [0, 0.1) is 89.8 Å². The smallest absolute Gasteiger partial charge is 0.227 e. The zero-order valence-electron chi connectivity index (χ0n) is 77.4. The Balaban J connectivity index is 0.000000131. The van der Waals surface area contributed by atoms with E-state index in [9.17, 15) is 0 Å². The van der Waals surface area contributed by atoms with Gasteiger partial charge in [-0.15, -0.1) is 0 Å². The molecule has 0 radical (unpaired) electrons. The summed E-state index contributed by atoms with van der Waals surface area (Å²) in [7, 11) is 7.60. The lowest BCUT2D eigenvalue weighted by molar-refractivity contribution is -0.660. The molecule has 526 valence electrons. The average molecular weight is 1390 g/mol. The van der Waals surface area contributed by atoms with Gasteiger partial charge in [0.1, 0.15) is 28.2 Å². The third-order valence-corrected chi connectivity index (χ3v) is 20.4. The number of fused-ring (bicyclic) bond motifs is 12. The van der Waals surface area contributed by atoms with Crippen LogP contribution in [0.5, 0.6) is 0 Å². The van der Waals surface area contributed by atoms with Gasteiger partial charge in [-0.05, 0) is 208 Å². The topological polar surface area (TPSA) is 120 Å². The van der Waals surface area contributed by atoms with Crippen LogP contribution in [0.4, 0.5) is 0 Å². The summed E-state index contributed by atoms with van der Waals surface area (Å²) in [4.78, 5) is 18.3. The van der Waals surface area contributed by atoms with Crippen LogP contribution in [0.2, 0.25) is 0 Å². The number of aromatic nitrogens is 8. The summed E-state index contributed by atoms with van der Waals surface area (Å²) in [5, 5.41) is 7.51. The molecule has 1 aliphatic rings. The summed E-state index contributed by atoms with van der Waals surface area (Å²) in [6.07, 6.45) is 4.59. The van der Waals surface area contributed by atoms with Gasteiger partial charge in [-0.1, -0.05) is 88.6 Å². The maximum atomic E-state index is 9.00. The van der Waals surface area contributed by atoms with E-state index in [1.807, 2.05) is 164 Å². The summed E-state index contributed by atoms with van der Waals surface area (Å²) in [5.74, 6) is -2.94. The summed E-state index contributed by atoms with van der Waals surface area (Å²) >= 11 is 0. The molecule has 0 saturated heterocycles. The van der Waals surface area contributed by atoms with E-state index >= 15 is 0 Å². The summed E-state index contributed by atoms with van der Waals surface area (Å²) in [6.45, 7) is 19.0. The van der Waals surface area contributed by atoms with Crippen LogP contribution in [0.25, 0.3) is 133 Å². The van der Waals surface area contributed by atoms with Crippen LogP contribution in [-0.4, -0.2) is 19.9 Å². The molecule has 12 nitrogen and oxygen atoms in total. The molecule has 104 heavy (non-hydrogen) atoms. The number of aryl methyl sites for hydroxylation is 18. The SMILES string of the molecule is [2H]C([2H])([2H])c1c[n+](C)c(-c2c(C)ccc3c2oc2nc(C([2H])(C)C)ccc23)cc1C.[2H]C([2H])([2H])c1c[n+](C)c(-c2c(C)ccc3c2oc2nc(C)ccc23)cc1C.[2H]C([2H])([2H])c1c[n+](C)c(-c2c(C)ccc3c2oc2nc(CC)ccc23)cc1C.[2H]C1([2H])CCCC([2H])([2H])C1([2H])c1ccc2c(n1)oc1c(-c3cc(C)c(C)c[n+]3C)c(C)ccc12. The number of furan rings is 4. The first-order chi connectivity index (χ1) is 55.6. The number of pyridine rings is 8. The van der Waals surface area contributed by atoms with E-state index in [0.29, 0.717) is 68.4 Å². The Hall–Kier alpha value is -10.7. The van der Waals surface area contributed by atoms with Crippen molar-refractivity contribution in [1.29, 1.82) is 0 Å². The van der Waals surface area contributed by atoms with Crippen molar-refractivity contribution in [2.75, 3.05) is 0 Å². The van der Waals surface area contributed by atoms with E-state index in [1.54, 1.807) is 44.6 Å². The molecule has 0 unspecified atom stereocenters. The monoisotopic (exact) mass is 1390 g/mol. The Labute approximate surface area is 631 Å². The minimum Gasteiger partial charge on any atom is -0.437 e. The zero-order valence-corrected chi connectivity index (χ0v) is 62.4. The number of nitrogens with zero attached hydrogens (tertiary/aromatic N) is 8. The maximum Gasteiger partial charge on any atom is 0.227 e. The first-order valence-electron chi connectivity index (χ1n) is 42.9. The summed E-state index contributed by atoms with van der Waals surface area (Å²) in [5.41, 5.74) is 25.1. The fourth-order valence-corrected chi connectivity index (χ4v) is 14.2. The molecule has 1 fully saturated rings. The maximum absolute atomic E-state index is 9.00. The minimum absolute atomic E-state index is 0.0729. The van der Waals surface area contributed by atoms with Gasteiger partial charge < -0.3 is 17.7 Å². The Morgan fingerprint density at radius 1 is 0.394 bits per heavy atom. The van der Waals surface area contributed by atoms with Crippen LogP contribution in [-0.2, 0) is 34.6 Å². The quantitative estimate of drug-likeness (QED) is 0.145. The molecule has 0 N–H and O–H groups in total. The molecule has 1 saturated carbocycles. The van der Waals surface area contributed by atoms with Gasteiger partial charge in [-0.25, -0.2) is 38.2 Å². The first-order valence-corrected chi connectivity index (χ1v) is 35.4. The van der Waals surface area contributed by atoms with Crippen molar-refractivity contribution in [3.8, 4) is 45.0 Å². The van der Waals surface area contributed by atoms with Crippen LogP contribution in [0.1, 0.15) is 175 Å². The fraction of sp³-hybridized carbons (Fsp3) is 0.304. The lowest BCUT2D eigenvalue weighted by Gasteiger charge is -2.20. The van der Waals surface area contributed by atoms with Crippen molar-refractivity contribution in [2.24, 2.45) is 28.2 Å². The van der Waals surface area contributed by atoms with Crippen LogP contribution in [0.15, 0.2) is 164 Å². The van der Waals surface area contributed by atoms with E-state index in [0.717, 1.165) is 150 Å². The Morgan fingerprint density at radius 2 is 0.731 bits per heavy atom. The second-order valence-corrected chi connectivity index (χ2v) is 28.2. The predicted molar refractivity (Wildman–Crippen MR) is 423 cm³/mol. The van der Waals surface area contributed by atoms with Crippen molar-refractivity contribution in [3.63, 3.8) is 0 Å². The zero-order chi connectivity index (χ0) is 86.4. The van der Waals surface area contributed by atoms with E-state index < -0.39 is 45.1 Å². The van der Waals surface area contributed by atoms with Gasteiger partial charge >= 0.3 is 0 Å². The average Bonchev–Trinajstić information content (AvgIpc) is 1.59. The Morgan fingerprint density at radius 3 is 1.12 bits per heavy atom.